The summed E-state index contributed by atoms with van der Waals surface area (Å²) in [5, 5.41) is 18.7. The maximum Gasteiger partial charge on any atom is 0.334 e. The quantitative estimate of drug-likeness (QED) is 0.425. The maximum atomic E-state index is 10.9. The van der Waals surface area contributed by atoms with Crippen molar-refractivity contribution < 1.29 is 14.8 Å². The third-order valence-corrected chi connectivity index (χ3v) is 1.52. The summed E-state index contributed by atoms with van der Waals surface area (Å²) < 4.78 is 0. The Kier molecular flexibility index (Phi) is 2.97. The van der Waals surface area contributed by atoms with E-state index < -0.39 is 22.1 Å². The van der Waals surface area contributed by atoms with Gasteiger partial charge in [-0.1, -0.05) is 0 Å². The van der Waals surface area contributed by atoms with E-state index in [4.69, 9.17) is 5.11 Å². The Labute approximate surface area is 82.8 Å². The lowest BCUT2D eigenvalue weighted by Crippen LogP contribution is -2.10. The maximum absolute atomic E-state index is 10.9. The monoisotopic (exact) mass is 210 g/mol. The zero-order valence-electron chi connectivity index (χ0n) is 7.34. The summed E-state index contributed by atoms with van der Waals surface area (Å²) in [6.07, 6.45) is 3.15. The van der Waals surface area contributed by atoms with Gasteiger partial charge in [-0.15, -0.1) is 0 Å². The van der Waals surface area contributed by atoms with E-state index >= 15 is 0 Å². The number of carboxylic acids is 1. The standard InChI is InChI=1S/C8H6N2O5/c11-7(12)2-1-5-3-6(10(14)15)8(13)9-4-5/h1-4H,(H,9,13)(H,11,12). The summed E-state index contributed by atoms with van der Waals surface area (Å²) in [5.74, 6) is -1.18. The second-order valence-corrected chi connectivity index (χ2v) is 2.58. The fourth-order valence-electron chi connectivity index (χ4n) is 0.887. The first kappa shape index (κ1) is 10.6. The predicted molar refractivity (Wildman–Crippen MR) is 50.4 cm³/mol. The van der Waals surface area contributed by atoms with Gasteiger partial charge in [0.15, 0.2) is 0 Å². The number of hydrogen-bond acceptors (Lipinski definition) is 4. The van der Waals surface area contributed by atoms with E-state index in [1.165, 1.54) is 6.20 Å². The number of H-pyrrole nitrogens is 1. The molecule has 0 atom stereocenters. The molecule has 0 fully saturated rings. The van der Waals surface area contributed by atoms with Crippen LogP contribution in [0, 0.1) is 10.1 Å². The Balaban J connectivity index is 3.14. The second-order valence-electron chi connectivity index (χ2n) is 2.58. The lowest BCUT2D eigenvalue weighted by Gasteiger charge is -1.92. The van der Waals surface area contributed by atoms with E-state index in [2.05, 4.69) is 4.98 Å². The number of aromatic nitrogens is 1. The molecule has 0 aliphatic rings. The highest BCUT2D eigenvalue weighted by atomic mass is 16.6. The van der Waals surface area contributed by atoms with E-state index in [0.29, 0.717) is 0 Å². The van der Waals surface area contributed by atoms with Gasteiger partial charge in [0.2, 0.25) is 0 Å². The van der Waals surface area contributed by atoms with E-state index in [1.54, 1.807) is 0 Å². The van der Waals surface area contributed by atoms with Crippen molar-refractivity contribution in [2.45, 2.75) is 0 Å². The third kappa shape index (κ3) is 2.76. The Morgan fingerprint density at radius 2 is 2.27 bits per heavy atom. The van der Waals surface area contributed by atoms with Crippen LogP contribution < -0.4 is 5.56 Å². The van der Waals surface area contributed by atoms with Crippen molar-refractivity contribution in [3.63, 3.8) is 0 Å². The van der Waals surface area contributed by atoms with Gasteiger partial charge in [0.05, 0.1) is 4.92 Å². The molecule has 0 unspecified atom stereocenters. The van der Waals surface area contributed by atoms with Crippen LogP contribution in [0.15, 0.2) is 23.1 Å². The summed E-state index contributed by atoms with van der Waals surface area (Å²) in [6, 6.07) is 0.998. The molecule has 7 heteroatoms. The van der Waals surface area contributed by atoms with Gasteiger partial charge in [-0.05, 0) is 11.6 Å². The van der Waals surface area contributed by atoms with Crippen molar-refractivity contribution >= 4 is 17.7 Å². The van der Waals surface area contributed by atoms with Gasteiger partial charge in [0.25, 0.3) is 0 Å². The van der Waals surface area contributed by atoms with Crippen LogP contribution in [-0.2, 0) is 4.79 Å². The molecule has 7 nitrogen and oxygen atoms in total. The Bertz CT molecular complexity index is 488. The first-order valence-electron chi connectivity index (χ1n) is 3.79. The van der Waals surface area contributed by atoms with Crippen molar-refractivity contribution in [2.24, 2.45) is 0 Å². The average molecular weight is 210 g/mol. The normalized spacial score (nSPS) is 10.4. The van der Waals surface area contributed by atoms with Gasteiger partial charge in [0.1, 0.15) is 0 Å². The van der Waals surface area contributed by atoms with Crippen molar-refractivity contribution in [3.05, 3.63) is 44.4 Å². The number of nitrogens with zero attached hydrogens (tertiary/aromatic N) is 1. The highest BCUT2D eigenvalue weighted by Crippen LogP contribution is 2.07. The molecule has 1 aromatic rings. The molecule has 2 N–H and O–H groups in total. The van der Waals surface area contributed by atoms with Crippen molar-refractivity contribution in [2.75, 3.05) is 0 Å². The molecule has 1 heterocycles. The largest absolute Gasteiger partial charge is 0.478 e. The average Bonchev–Trinajstić information content (AvgIpc) is 2.16. The number of carboxylic acid groups (broad SMARTS) is 1. The second kappa shape index (κ2) is 4.18. The minimum atomic E-state index is -1.18. The lowest BCUT2D eigenvalue weighted by molar-refractivity contribution is -0.386. The fourth-order valence-corrected chi connectivity index (χ4v) is 0.887. The first-order valence-corrected chi connectivity index (χ1v) is 3.79. The number of nitro groups is 1. The highest BCUT2D eigenvalue weighted by molar-refractivity contribution is 5.85. The number of carbonyl (C=O) groups is 1. The zero-order valence-corrected chi connectivity index (χ0v) is 7.34. The molecular formula is C8H6N2O5. The van der Waals surface area contributed by atoms with Gasteiger partial charge in [-0.3, -0.25) is 14.9 Å². The molecule has 0 aliphatic heterocycles. The van der Waals surface area contributed by atoms with Crippen LogP contribution in [0.3, 0.4) is 0 Å². The zero-order chi connectivity index (χ0) is 11.4. The molecule has 0 aromatic carbocycles. The summed E-state index contributed by atoms with van der Waals surface area (Å²) in [6.45, 7) is 0. The van der Waals surface area contributed by atoms with Crippen LogP contribution in [0.25, 0.3) is 6.08 Å². The number of aromatic amines is 1. The minimum Gasteiger partial charge on any atom is -0.478 e. The highest BCUT2D eigenvalue weighted by Gasteiger charge is 2.11. The molecule has 0 saturated heterocycles. The molecule has 0 bridgehead atoms. The van der Waals surface area contributed by atoms with Crippen LogP contribution in [0.5, 0.6) is 0 Å². The van der Waals surface area contributed by atoms with Gasteiger partial charge in [-0.2, -0.15) is 0 Å². The Morgan fingerprint density at radius 1 is 1.60 bits per heavy atom. The Hall–Kier alpha value is -2.44. The molecule has 0 radical (unpaired) electrons. The van der Waals surface area contributed by atoms with Crippen LogP contribution in [0.1, 0.15) is 5.56 Å². The summed E-state index contributed by atoms with van der Waals surface area (Å²) in [5.41, 5.74) is -1.21. The van der Waals surface area contributed by atoms with Crippen LogP contribution in [-0.4, -0.2) is 21.0 Å². The number of aliphatic carboxylic acids is 1. The number of rotatable bonds is 3. The number of hydrogen-bond donors (Lipinski definition) is 2. The molecule has 0 amide bonds. The molecule has 1 aromatic heterocycles. The fraction of sp³-hybridized carbons (Fsp3) is 0. The van der Waals surface area contributed by atoms with Crippen LogP contribution in [0.2, 0.25) is 0 Å². The van der Waals surface area contributed by atoms with Gasteiger partial charge in [-0.25, -0.2) is 4.79 Å². The SMILES string of the molecule is O=C(O)C=Cc1c[nH]c(=O)c([N+](=O)[O-])c1. The van der Waals surface area contributed by atoms with Gasteiger partial charge >= 0.3 is 17.2 Å². The van der Waals surface area contributed by atoms with Crippen LogP contribution >= 0.6 is 0 Å². The Morgan fingerprint density at radius 3 is 2.80 bits per heavy atom. The van der Waals surface area contributed by atoms with Gasteiger partial charge in [0, 0.05) is 18.3 Å². The van der Waals surface area contributed by atoms with Crippen molar-refractivity contribution in [1.29, 1.82) is 0 Å². The van der Waals surface area contributed by atoms with Gasteiger partial charge < -0.3 is 10.1 Å². The van der Waals surface area contributed by atoms with Crippen molar-refractivity contribution in [3.8, 4) is 0 Å². The predicted octanol–water partition coefficient (Wildman–Crippen LogP) is 0.381. The molecule has 15 heavy (non-hydrogen) atoms. The van der Waals surface area contributed by atoms with E-state index in [0.717, 1.165) is 18.2 Å². The first-order chi connectivity index (χ1) is 7.00. The number of nitrogens with one attached hydrogen (secondary N) is 1. The molecule has 0 spiro atoms. The number of pyridine rings is 1. The summed E-state index contributed by atoms with van der Waals surface area (Å²) >= 11 is 0. The molecule has 0 saturated carbocycles. The summed E-state index contributed by atoms with van der Waals surface area (Å²) in [4.78, 5) is 32.7. The molecule has 0 aliphatic carbocycles. The topological polar surface area (TPSA) is 113 Å². The van der Waals surface area contributed by atoms with E-state index in [1.807, 2.05) is 0 Å². The van der Waals surface area contributed by atoms with Crippen molar-refractivity contribution in [1.82, 2.24) is 4.98 Å². The molecule has 78 valence electrons. The molecular weight excluding hydrogens is 204 g/mol. The third-order valence-electron chi connectivity index (χ3n) is 1.52. The lowest BCUT2D eigenvalue weighted by atomic mass is 10.2. The van der Waals surface area contributed by atoms with Crippen LogP contribution in [0.4, 0.5) is 5.69 Å². The van der Waals surface area contributed by atoms with E-state index in [-0.39, 0.29) is 5.56 Å². The smallest absolute Gasteiger partial charge is 0.334 e. The van der Waals surface area contributed by atoms with E-state index in [9.17, 15) is 19.7 Å². The summed E-state index contributed by atoms with van der Waals surface area (Å²) in [7, 11) is 0. The minimum absolute atomic E-state index is 0.240. The molecule has 1 rings (SSSR count).